The summed E-state index contributed by atoms with van der Waals surface area (Å²) in [4.78, 5) is 2.47. The first kappa shape index (κ1) is 18.2. The first-order chi connectivity index (χ1) is 9.83. The number of benzene rings is 1. The van der Waals surface area contributed by atoms with Gasteiger partial charge in [0.15, 0.2) is 0 Å². The van der Waals surface area contributed by atoms with Crippen LogP contribution in [0.5, 0.6) is 0 Å². The third-order valence-electron chi connectivity index (χ3n) is 3.69. The van der Waals surface area contributed by atoms with Gasteiger partial charge in [-0.15, -0.1) is 0 Å². The minimum atomic E-state index is 0.355. The molecule has 0 spiro atoms. The second-order valence-corrected chi connectivity index (χ2v) is 7.58. The quantitative estimate of drug-likeness (QED) is 0.766. The second kappa shape index (κ2) is 8.55. The molecule has 0 aliphatic rings. The maximum atomic E-state index is 3.73. The van der Waals surface area contributed by atoms with Crippen molar-refractivity contribution in [2.24, 2.45) is 11.3 Å². The van der Waals surface area contributed by atoms with Crippen LogP contribution in [-0.4, -0.2) is 31.6 Å². The van der Waals surface area contributed by atoms with Crippen molar-refractivity contribution in [1.82, 2.24) is 10.2 Å². The van der Waals surface area contributed by atoms with Crippen LogP contribution in [-0.2, 0) is 0 Å². The lowest BCUT2D eigenvalue weighted by molar-refractivity contribution is 0.187. The molecule has 0 bridgehead atoms. The van der Waals surface area contributed by atoms with Gasteiger partial charge in [0.25, 0.3) is 0 Å². The van der Waals surface area contributed by atoms with E-state index < -0.39 is 0 Å². The highest BCUT2D eigenvalue weighted by Gasteiger charge is 2.21. The molecule has 0 saturated carbocycles. The molecule has 0 aliphatic carbocycles. The van der Waals surface area contributed by atoms with Crippen molar-refractivity contribution in [2.75, 3.05) is 26.7 Å². The van der Waals surface area contributed by atoms with Crippen LogP contribution in [0.15, 0.2) is 30.3 Å². The van der Waals surface area contributed by atoms with E-state index in [1.54, 1.807) is 0 Å². The van der Waals surface area contributed by atoms with E-state index in [-0.39, 0.29) is 0 Å². The fourth-order valence-electron chi connectivity index (χ4n) is 3.08. The van der Waals surface area contributed by atoms with E-state index in [1.165, 1.54) is 12.0 Å². The van der Waals surface area contributed by atoms with Crippen molar-refractivity contribution in [3.63, 3.8) is 0 Å². The van der Waals surface area contributed by atoms with Crippen molar-refractivity contribution >= 4 is 0 Å². The predicted molar refractivity (Wildman–Crippen MR) is 93.6 cm³/mol. The summed E-state index contributed by atoms with van der Waals surface area (Å²) < 4.78 is 0. The van der Waals surface area contributed by atoms with Crippen LogP contribution in [0.3, 0.4) is 0 Å². The average Bonchev–Trinajstić information content (AvgIpc) is 2.38. The standard InChI is InChI=1S/C19H34N2/c1-7-13-20-18(17-11-9-8-10-12-17)16(2)14-21(6)15-19(3,4)5/h8-12,16,18,20H,7,13-15H2,1-6H3. The summed E-state index contributed by atoms with van der Waals surface area (Å²) in [6.45, 7) is 14.8. The van der Waals surface area contributed by atoms with Gasteiger partial charge in [-0.2, -0.15) is 0 Å². The minimum Gasteiger partial charge on any atom is -0.310 e. The van der Waals surface area contributed by atoms with E-state index in [1.807, 2.05) is 0 Å². The minimum absolute atomic E-state index is 0.355. The zero-order chi connectivity index (χ0) is 15.9. The summed E-state index contributed by atoms with van der Waals surface area (Å²) in [6, 6.07) is 11.3. The predicted octanol–water partition coefficient (Wildman–Crippen LogP) is 4.34. The highest BCUT2D eigenvalue weighted by atomic mass is 15.1. The van der Waals surface area contributed by atoms with Gasteiger partial charge in [-0.1, -0.05) is 65.0 Å². The van der Waals surface area contributed by atoms with Gasteiger partial charge in [0.1, 0.15) is 0 Å². The summed E-state index contributed by atoms with van der Waals surface area (Å²) in [7, 11) is 2.24. The molecule has 0 heterocycles. The van der Waals surface area contributed by atoms with Gasteiger partial charge in [-0.3, -0.25) is 0 Å². The van der Waals surface area contributed by atoms with Gasteiger partial charge >= 0.3 is 0 Å². The number of hydrogen-bond donors (Lipinski definition) is 1. The van der Waals surface area contributed by atoms with E-state index >= 15 is 0 Å². The topological polar surface area (TPSA) is 15.3 Å². The maximum Gasteiger partial charge on any atom is 0.0358 e. The van der Waals surface area contributed by atoms with Gasteiger partial charge in [0.05, 0.1) is 0 Å². The van der Waals surface area contributed by atoms with Crippen molar-refractivity contribution in [3.8, 4) is 0 Å². The van der Waals surface area contributed by atoms with E-state index in [9.17, 15) is 0 Å². The third-order valence-corrected chi connectivity index (χ3v) is 3.69. The Hall–Kier alpha value is -0.860. The van der Waals surface area contributed by atoms with Crippen LogP contribution in [0.4, 0.5) is 0 Å². The SMILES string of the molecule is CCCNC(c1ccccc1)C(C)CN(C)CC(C)(C)C. The molecule has 0 radical (unpaired) electrons. The van der Waals surface area contributed by atoms with Crippen LogP contribution in [0.25, 0.3) is 0 Å². The van der Waals surface area contributed by atoms with Crippen LogP contribution in [0.1, 0.15) is 52.6 Å². The molecule has 1 rings (SSSR count). The fraction of sp³-hybridized carbons (Fsp3) is 0.684. The molecular weight excluding hydrogens is 256 g/mol. The largest absolute Gasteiger partial charge is 0.310 e. The monoisotopic (exact) mass is 290 g/mol. The summed E-state index contributed by atoms with van der Waals surface area (Å²) in [5.41, 5.74) is 1.76. The lowest BCUT2D eigenvalue weighted by Crippen LogP contribution is -2.37. The molecule has 0 fully saturated rings. The van der Waals surface area contributed by atoms with E-state index in [0.717, 1.165) is 19.6 Å². The molecule has 1 aromatic carbocycles. The molecule has 2 unspecified atom stereocenters. The summed E-state index contributed by atoms with van der Waals surface area (Å²) in [5, 5.41) is 3.73. The molecule has 2 atom stereocenters. The molecule has 1 N–H and O–H groups in total. The molecule has 0 amide bonds. The molecule has 120 valence electrons. The normalized spacial score (nSPS) is 15.2. The summed E-state index contributed by atoms with van der Waals surface area (Å²) >= 11 is 0. The molecular formula is C19H34N2. The molecule has 0 aromatic heterocycles. The maximum absolute atomic E-state index is 3.73. The van der Waals surface area contributed by atoms with Crippen LogP contribution in [0, 0.1) is 11.3 Å². The number of hydrogen-bond acceptors (Lipinski definition) is 2. The lowest BCUT2D eigenvalue weighted by Gasteiger charge is -2.32. The Morgan fingerprint density at radius 1 is 1.14 bits per heavy atom. The van der Waals surface area contributed by atoms with Crippen LogP contribution < -0.4 is 5.32 Å². The summed E-state index contributed by atoms with van der Waals surface area (Å²) in [6.07, 6.45) is 1.17. The van der Waals surface area contributed by atoms with E-state index in [0.29, 0.717) is 17.4 Å². The van der Waals surface area contributed by atoms with E-state index in [4.69, 9.17) is 0 Å². The molecule has 1 aromatic rings. The Labute approximate surface area is 131 Å². The van der Waals surface area contributed by atoms with Gasteiger partial charge in [0.2, 0.25) is 0 Å². The average molecular weight is 290 g/mol. The van der Waals surface area contributed by atoms with Crippen LogP contribution >= 0.6 is 0 Å². The Morgan fingerprint density at radius 2 is 1.76 bits per heavy atom. The fourth-order valence-corrected chi connectivity index (χ4v) is 3.08. The summed E-state index contributed by atoms with van der Waals surface area (Å²) in [5.74, 6) is 0.589. The van der Waals surface area contributed by atoms with Crippen molar-refractivity contribution < 1.29 is 0 Å². The van der Waals surface area contributed by atoms with Crippen LogP contribution in [0.2, 0.25) is 0 Å². The zero-order valence-electron chi connectivity index (χ0n) is 14.8. The second-order valence-electron chi connectivity index (χ2n) is 7.58. The Kier molecular flexibility index (Phi) is 7.41. The number of nitrogens with zero attached hydrogens (tertiary/aromatic N) is 1. The Balaban J connectivity index is 2.69. The Bertz CT molecular complexity index is 380. The van der Waals surface area contributed by atoms with Gasteiger partial charge in [0, 0.05) is 19.1 Å². The first-order valence-corrected chi connectivity index (χ1v) is 8.30. The van der Waals surface area contributed by atoms with E-state index in [2.05, 4.69) is 82.2 Å². The van der Waals surface area contributed by atoms with Gasteiger partial charge in [-0.05, 0) is 36.9 Å². The first-order valence-electron chi connectivity index (χ1n) is 8.30. The molecule has 0 saturated heterocycles. The number of rotatable bonds is 8. The van der Waals surface area contributed by atoms with Gasteiger partial charge < -0.3 is 10.2 Å². The van der Waals surface area contributed by atoms with Crippen molar-refractivity contribution in [3.05, 3.63) is 35.9 Å². The third kappa shape index (κ3) is 7.10. The molecule has 21 heavy (non-hydrogen) atoms. The molecule has 2 nitrogen and oxygen atoms in total. The lowest BCUT2D eigenvalue weighted by atomic mass is 9.92. The van der Waals surface area contributed by atoms with Crippen molar-refractivity contribution in [1.29, 1.82) is 0 Å². The molecule has 2 heteroatoms. The van der Waals surface area contributed by atoms with Gasteiger partial charge in [-0.25, -0.2) is 0 Å². The van der Waals surface area contributed by atoms with Crippen molar-refractivity contribution in [2.45, 2.75) is 47.1 Å². The Morgan fingerprint density at radius 3 is 2.29 bits per heavy atom. The zero-order valence-corrected chi connectivity index (χ0v) is 14.8. The highest BCUT2D eigenvalue weighted by molar-refractivity contribution is 5.19. The smallest absolute Gasteiger partial charge is 0.0358 e. The highest BCUT2D eigenvalue weighted by Crippen LogP contribution is 2.24. The molecule has 0 aliphatic heterocycles. The number of nitrogens with one attached hydrogen (secondary N) is 1.